The zero-order chi connectivity index (χ0) is 8.36. The summed E-state index contributed by atoms with van der Waals surface area (Å²) in [4.78, 5) is 8.81. The molecular weight excluding hydrogens is 182 g/mol. The highest BCUT2D eigenvalue weighted by Crippen LogP contribution is 2.26. The molecule has 0 aromatic heterocycles. The molecule has 0 aliphatic rings. The van der Waals surface area contributed by atoms with Crippen molar-refractivity contribution in [3.8, 4) is 0 Å². The minimum absolute atomic E-state index is 0.878. The molecule has 0 aliphatic carbocycles. The second-order valence-corrected chi connectivity index (χ2v) is 3.04. The first kappa shape index (κ1) is 9.98. The smallest absolute Gasteiger partial charge is 0.331 e. The fourth-order valence-electron chi connectivity index (χ4n) is 0.289. The number of alkyl halides is 3. The summed E-state index contributed by atoms with van der Waals surface area (Å²) in [7, 11) is 1.11. The summed E-state index contributed by atoms with van der Waals surface area (Å²) in [5, 5.41) is 0. The normalized spacial score (nSPS) is 19.3. The van der Waals surface area contributed by atoms with E-state index in [0.29, 0.717) is 0 Å². The molecule has 0 saturated heterocycles. The van der Waals surface area contributed by atoms with E-state index in [1.165, 1.54) is 0 Å². The SMILES string of the molecule is COC(=O)[C@@](C)(Cl)[C@H](F)Cl. The van der Waals surface area contributed by atoms with Crippen molar-refractivity contribution in [3.63, 3.8) is 0 Å². The second-order valence-electron chi connectivity index (χ2n) is 1.87. The van der Waals surface area contributed by atoms with Crippen LogP contribution in [0.3, 0.4) is 0 Å². The van der Waals surface area contributed by atoms with Crippen molar-refractivity contribution in [1.29, 1.82) is 0 Å². The standard InChI is InChI=1S/C5H7Cl2FO2/c1-5(7,3(6)8)4(9)10-2/h3H,1-2H3/t3-,5-/m0/s1. The molecule has 5 heteroatoms. The predicted molar refractivity (Wildman–Crippen MR) is 37.0 cm³/mol. The van der Waals surface area contributed by atoms with E-state index < -0.39 is 16.5 Å². The van der Waals surface area contributed by atoms with E-state index in [2.05, 4.69) is 4.74 Å². The lowest BCUT2D eigenvalue weighted by Gasteiger charge is -2.17. The number of ether oxygens (including phenoxy) is 1. The molecular formula is C5H7Cl2FO2. The van der Waals surface area contributed by atoms with Gasteiger partial charge in [0.15, 0.2) is 4.87 Å². The molecule has 10 heavy (non-hydrogen) atoms. The minimum Gasteiger partial charge on any atom is -0.468 e. The van der Waals surface area contributed by atoms with Crippen LogP contribution in [-0.2, 0) is 9.53 Å². The molecule has 0 fully saturated rings. The van der Waals surface area contributed by atoms with Crippen molar-refractivity contribution in [3.05, 3.63) is 0 Å². The Hall–Kier alpha value is -0.0200. The highest BCUT2D eigenvalue weighted by molar-refractivity contribution is 6.39. The third-order valence-electron chi connectivity index (χ3n) is 0.994. The van der Waals surface area contributed by atoms with Crippen molar-refractivity contribution in [1.82, 2.24) is 0 Å². The Balaban J connectivity index is 4.24. The topological polar surface area (TPSA) is 26.3 Å². The summed E-state index contributed by atoms with van der Waals surface area (Å²) in [6, 6.07) is 0. The van der Waals surface area contributed by atoms with Crippen LogP contribution in [0.5, 0.6) is 0 Å². The Morgan fingerprint density at radius 2 is 2.20 bits per heavy atom. The van der Waals surface area contributed by atoms with Gasteiger partial charge in [-0.05, 0) is 6.92 Å². The van der Waals surface area contributed by atoms with Crippen molar-refractivity contribution in [2.45, 2.75) is 17.4 Å². The number of carbonyl (C=O) groups excluding carboxylic acids is 1. The lowest BCUT2D eigenvalue weighted by molar-refractivity contribution is -0.144. The van der Waals surface area contributed by atoms with E-state index in [1.807, 2.05) is 0 Å². The number of carbonyl (C=O) groups is 1. The summed E-state index contributed by atoms with van der Waals surface area (Å²) < 4.78 is 16.4. The number of methoxy groups -OCH3 is 1. The minimum atomic E-state index is -1.94. The van der Waals surface area contributed by atoms with Crippen LogP contribution in [0.2, 0.25) is 0 Å². The maximum atomic E-state index is 12.2. The summed E-state index contributed by atoms with van der Waals surface area (Å²) >= 11 is 10.3. The van der Waals surface area contributed by atoms with Gasteiger partial charge in [-0.1, -0.05) is 11.6 Å². The van der Waals surface area contributed by atoms with Crippen LogP contribution in [0.4, 0.5) is 4.39 Å². The molecule has 2 atom stereocenters. The van der Waals surface area contributed by atoms with Gasteiger partial charge >= 0.3 is 5.97 Å². The van der Waals surface area contributed by atoms with Crippen molar-refractivity contribution in [2.24, 2.45) is 0 Å². The maximum absolute atomic E-state index is 12.2. The van der Waals surface area contributed by atoms with E-state index >= 15 is 0 Å². The van der Waals surface area contributed by atoms with Crippen LogP contribution in [0.15, 0.2) is 0 Å². The van der Waals surface area contributed by atoms with Gasteiger partial charge in [0.05, 0.1) is 7.11 Å². The molecule has 0 amide bonds. The second kappa shape index (κ2) is 3.39. The van der Waals surface area contributed by atoms with Gasteiger partial charge in [-0.25, -0.2) is 4.39 Å². The molecule has 0 unspecified atom stereocenters. The molecule has 0 aliphatic heterocycles. The summed E-state index contributed by atoms with van der Waals surface area (Å²) in [6.07, 6.45) is 0. The molecule has 0 aromatic carbocycles. The molecule has 2 nitrogen and oxygen atoms in total. The fraction of sp³-hybridized carbons (Fsp3) is 0.800. The number of esters is 1. The number of rotatable bonds is 2. The van der Waals surface area contributed by atoms with Crippen LogP contribution in [0.1, 0.15) is 6.92 Å². The first-order valence-electron chi connectivity index (χ1n) is 2.48. The van der Waals surface area contributed by atoms with Crippen LogP contribution in [0, 0.1) is 0 Å². The van der Waals surface area contributed by atoms with Crippen LogP contribution < -0.4 is 0 Å². The van der Waals surface area contributed by atoms with E-state index in [1.54, 1.807) is 0 Å². The monoisotopic (exact) mass is 188 g/mol. The van der Waals surface area contributed by atoms with Crippen LogP contribution in [-0.4, -0.2) is 23.6 Å². The van der Waals surface area contributed by atoms with E-state index in [-0.39, 0.29) is 0 Å². The highest BCUT2D eigenvalue weighted by atomic mass is 35.5. The quantitative estimate of drug-likeness (QED) is 0.488. The molecule has 0 spiro atoms. The van der Waals surface area contributed by atoms with Gasteiger partial charge in [0.1, 0.15) is 0 Å². The average Bonchev–Trinajstić information content (AvgIpc) is 1.86. The maximum Gasteiger partial charge on any atom is 0.331 e. The molecule has 60 valence electrons. The fourth-order valence-corrected chi connectivity index (χ4v) is 0.455. The van der Waals surface area contributed by atoms with Crippen molar-refractivity contribution >= 4 is 29.2 Å². The highest BCUT2D eigenvalue weighted by Gasteiger charge is 2.40. The largest absolute Gasteiger partial charge is 0.468 e. The van der Waals surface area contributed by atoms with Gasteiger partial charge in [0.2, 0.25) is 5.63 Å². The van der Waals surface area contributed by atoms with Crippen molar-refractivity contribution < 1.29 is 13.9 Å². The lowest BCUT2D eigenvalue weighted by Crippen LogP contribution is -2.37. The Morgan fingerprint density at radius 3 is 2.30 bits per heavy atom. The van der Waals surface area contributed by atoms with Crippen LogP contribution in [0.25, 0.3) is 0 Å². The number of halogens is 3. The van der Waals surface area contributed by atoms with Crippen molar-refractivity contribution in [2.75, 3.05) is 7.11 Å². The molecule has 0 N–H and O–H groups in total. The summed E-state index contributed by atoms with van der Waals surface area (Å²) in [6.45, 7) is 1.15. The van der Waals surface area contributed by atoms with Gasteiger partial charge < -0.3 is 4.74 Å². The Morgan fingerprint density at radius 1 is 1.80 bits per heavy atom. The molecule has 0 saturated carbocycles. The average molecular weight is 189 g/mol. The summed E-state index contributed by atoms with van der Waals surface area (Å²) in [5.74, 6) is -0.878. The Labute approximate surface area is 68.2 Å². The third kappa shape index (κ3) is 1.99. The van der Waals surface area contributed by atoms with Gasteiger partial charge in [0.25, 0.3) is 0 Å². The van der Waals surface area contributed by atoms with Gasteiger partial charge in [-0.15, -0.1) is 11.6 Å². The summed E-state index contributed by atoms with van der Waals surface area (Å²) in [5.41, 5.74) is -1.94. The molecule has 0 bridgehead atoms. The molecule has 0 aromatic rings. The third-order valence-corrected chi connectivity index (χ3v) is 1.89. The Bertz CT molecular complexity index is 136. The molecule has 0 radical (unpaired) electrons. The van der Waals surface area contributed by atoms with Gasteiger partial charge in [0, 0.05) is 0 Å². The first-order valence-corrected chi connectivity index (χ1v) is 3.29. The van der Waals surface area contributed by atoms with E-state index in [9.17, 15) is 9.18 Å². The number of hydrogen-bond donors (Lipinski definition) is 0. The van der Waals surface area contributed by atoms with Crippen LogP contribution >= 0.6 is 23.2 Å². The van der Waals surface area contributed by atoms with Gasteiger partial charge in [-0.2, -0.15) is 0 Å². The zero-order valence-electron chi connectivity index (χ0n) is 5.53. The molecule has 0 heterocycles. The zero-order valence-corrected chi connectivity index (χ0v) is 7.04. The predicted octanol–water partition coefficient (Wildman–Crippen LogP) is 1.69. The number of hydrogen-bond acceptors (Lipinski definition) is 2. The van der Waals surface area contributed by atoms with E-state index in [0.717, 1.165) is 14.0 Å². The Kier molecular flexibility index (Phi) is 3.39. The van der Waals surface area contributed by atoms with Gasteiger partial charge in [-0.3, -0.25) is 4.79 Å². The lowest BCUT2D eigenvalue weighted by atomic mass is 10.2. The molecule has 0 rings (SSSR count). The first-order chi connectivity index (χ1) is 4.42. The van der Waals surface area contributed by atoms with E-state index in [4.69, 9.17) is 23.2 Å².